The summed E-state index contributed by atoms with van der Waals surface area (Å²) in [5.41, 5.74) is 4.80. The first-order valence-corrected chi connectivity index (χ1v) is 8.78. The zero-order valence-electron chi connectivity index (χ0n) is 13.9. The van der Waals surface area contributed by atoms with E-state index in [1.807, 2.05) is 24.3 Å². The molecule has 1 N–H and O–H groups in total. The highest BCUT2D eigenvalue weighted by molar-refractivity contribution is 6.30. The number of benzene rings is 1. The summed E-state index contributed by atoms with van der Waals surface area (Å²) < 4.78 is 0. The summed E-state index contributed by atoms with van der Waals surface area (Å²) in [6.07, 6.45) is 6.73. The topological polar surface area (TPSA) is 57.6 Å². The minimum absolute atomic E-state index is 0.00329. The van der Waals surface area contributed by atoms with Gasteiger partial charge in [-0.25, -0.2) is 5.43 Å². The molecule has 6 heteroatoms. The van der Waals surface area contributed by atoms with Crippen molar-refractivity contribution >= 4 is 23.7 Å². The van der Waals surface area contributed by atoms with Crippen LogP contribution in [0.1, 0.15) is 24.0 Å². The number of pyridine rings is 1. The van der Waals surface area contributed by atoms with E-state index in [2.05, 4.69) is 32.5 Å². The van der Waals surface area contributed by atoms with Crippen molar-refractivity contribution in [1.82, 2.24) is 15.3 Å². The van der Waals surface area contributed by atoms with E-state index in [4.69, 9.17) is 11.6 Å². The molecular weight excluding hydrogens is 336 g/mol. The summed E-state index contributed by atoms with van der Waals surface area (Å²) in [6, 6.07) is 11.6. The number of hydrazone groups is 1. The van der Waals surface area contributed by atoms with Gasteiger partial charge in [-0.2, -0.15) is 5.10 Å². The van der Waals surface area contributed by atoms with Gasteiger partial charge in [-0.15, -0.1) is 0 Å². The molecule has 0 aliphatic carbocycles. The van der Waals surface area contributed by atoms with Crippen molar-refractivity contribution in [2.45, 2.75) is 19.4 Å². The second-order valence-electron chi connectivity index (χ2n) is 6.19. The zero-order chi connectivity index (χ0) is 17.5. The lowest BCUT2D eigenvalue weighted by Crippen LogP contribution is -2.39. The quantitative estimate of drug-likeness (QED) is 0.661. The van der Waals surface area contributed by atoms with Crippen LogP contribution in [0.2, 0.25) is 5.02 Å². The van der Waals surface area contributed by atoms with Gasteiger partial charge < -0.3 is 0 Å². The van der Waals surface area contributed by atoms with E-state index in [1.165, 1.54) is 5.56 Å². The number of amides is 1. The summed E-state index contributed by atoms with van der Waals surface area (Å²) in [5.74, 6) is 0.0208. The summed E-state index contributed by atoms with van der Waals surface area (Å²) >= 11 is 5.92. The first kappa shape index (κ1) is 17.6. The van der Waals surface area contributed by atoms with Crippen LogP contribution in [-0.2, 0) is 11.3 Å². The van der Waals surface area contributed by atoms with Crippen LogP contribution in [0.25, 0.3) is 0 Å². The summed E-state index contributed by atoms with van der Waals surface area (Å²) in [4.78, 5) is 18.5. The largest absolute Gasteiger partial charge is 0.299 e. The van der Waals surface area contributed by atoms with Gasteiger partial charge in [-0.1, -0.05) is 23.7 Å². The normalized spacial score (nSPS) is 16.2. The lowest BCUT2D eigenvalue weighted by Gasteiger charge is -2.30. The molecule has 1 aliphatic rings. The van der Waals surface area contributed by atoms with E-state index in [1.54, 1.807) is 18.6 Å². The maximum atomic E-state index is 12.2. The molecule has 1 fully saturated rings. The molecular formula is C19H21ClN4O. The van der Waals surface area contributed by atoms with Crippen molar-refractivity contribution < 1.29 is 4.79 Å². The van der Waals surface area contributed by atoms with Crippen LogP contribution >= 0.6 is 11.6 Å². The van der Waals surface area contributed by atoms with Crippen molar-refractivity contribution in [1.29, 1.82) is 0 Å². The molecule has 2 aromatic rings. The minimum atomic E-state index is -0.00329. The molecule has 3 rings (SSSR count). The highest BCUT2D eigenvalue weighted by Crippen LogP contribution is 2.20. The molecule has 0 saturated carbocycles. The molecule has 5 nitrogen and oxygen atoms in total. The van der Waals surface area contributed by atoms with E-state index in [0.29, 0.717) is 0 Å². The Kier molecular flexibility index (Phi) is 6.14. The third-order valence-corrected chi connectivity index (χ3v) is 4.62. The molecule has 1 saturated heterocycles. The van der Waals surface area contributed by atoms with Gasteiger partial charge in [-0.05, 0) is 61.3 Å². The van der Waals surface area contributed by atoms with Crippen molar-refractivity contribution in [3.05, 3.63) is 64.9 Å². The van der Waals surface area contributed by atoms with Crippen molar-refractivity contribution in [2.24, 2.45) is 11.0 Å². The second-order valence-corrected chi connectivity index (χ2v) is 6.63. The van der Waals surface area contributed by atoms with E-state index in [-0.39, 0.29) is 11.8 Å². The van der Waals surface area contributed by atoms with Crippen molar-refractivity contribution in [2.75, 3.05) is 13.1 Å². The third-order valence-electron chi connectivity index (χ3n) is 4.37. The molecule has 0 radical (unpaired) electrons. The smallest absolute Gasteiger partial charge is 0.243 e. The van der Waals surface area contributed by atoms with E-state index < -0.39 is 0 Å². The average Bonchev–Trinajstić information content (AvgIpc) is 2.65. The maximum Gasteiger partial charge on any atom is 0.243 e. The number of rotatable bonds is 5. The van der Waals surface area contributed by atoms with Gasteiger partial charge in [0.15, 0.2) is 0 Å². The molecule has 1 amide bonds. The number of hydrogen-bond donors (Lipinski definition) is 1. The van der Waals surface area contributed by atoms with Crippen LogP contribution in [-0.4, -0.2) is 35.1 Å². The number of carbonyl (C=O) groups excluding carboxylic acids is 1. The van der Waals surface area contributed by atoms with Crippen LogP contribution in [0, 0.1) is 5.92 Å². The Labute approximate surface area is 152 Å². The standard InChI is InChI=1S/C19H21ClN4O/c20-18-3-1-16(2-4-18)14-24-11-7-17(8-12-24)19(25)23-22-13-15-5-9-21-10-6-15/h1-6,9-10,13,17H,7-8,11-12,14H2,(H,23,25)/b22-13-. The van der Waals surface area contributed by atoms with Crippen LogP contribution < -0.4 is 5.43 Å². The summed E-state index contributed by atoms with van der Waals surface area (Å²) in [5, 5.41) is 4.79. The highest BCUT2D eigenvalue weighted by atomic mass is 35.5. The molecule has 0 atom stereocenters. The van der Waals surface area contributed by atoms with Crippen LogP contribution in [0.4, 0.5) is 0 Å². The van der Waals surface area contributed by atoms with Gasteiger partial charge in [-0.3, -0.25) is 14.7 Å². The van der Waals surface area contributed by atoms with E-state index in [0.717, 1.165) is 43.1 Å². The number of aromatic nitrogens is 1. The summed E-state index contributed by atoms with van der Waals surface area (Å²) in [6.45, 7) is 2.72. The fourth-order valence-corrected chi connectivity index (χ4v) is 3.04. The Hall–Kier alpha value is -2.24. The van der Waals surface area contributed by atoms with Gasteiger partial charge in [0, 0.05) is 29.9 Å². The molecule has 1 aliphatic heterocycles. The van der Waals surface area contributed by atoms with Gasteiger partial charge in [0.1, 0.15) is 0 Å². The molecule has 1 aromatic heterocycles. The SMILES string of the molecule is O=C(N/N=C\c1ccncc1)C1CCN(Cc2ccc(Cl)cc2)CC1. The van der Waals surface area contributed by atoms with Gasteiger partial charge in [0.25, 0.3) is 0 Å². The highest BCUT2D eigenvalue weighted by Gasteiger charge is 2.24. The number of nitrogens with zero attached hydrogens (tertiary/aromatic N) is 3. The number of piperidine rings is 1. The Morgan fingerprint density at radius 1 is 1.20 bits per heavy atom. The van der Waals surface area contributed by atoms with Crippen LogP contribution in [0.3, 0.4) is 0 Å². The number of hydrogen-bond acceptors (Lipinski definition) is 4. The number of nitrogens with one attached hydrogen (secondary N) is 1. The van der Waals surface area contributed by atoms with E-state index in [9.17, 15) is 4.79 Å². The Morgan fingerprint density at radius 2 is 1.88 bits per heavy atom. The molecule has 2 heterocycles. The van der Waals surface area contributed by atoms with Gasteiger partial charge >= 0.3 is 0 Å². The van der Waals surface area contributed by atoms with E-state index >= 15 is 0 Å². The molecule has 0 bridgehead atoms. The lowest BCUT2D eigenvalue weighted by atomic mass is 9.96. The molecule has 130 valence electrons. The first-order valence-electron chi connectivity index (χ1n) is 8.40. The Morgan fingerprint density at radius 3 is 2.56 bits per heavy atom. The fraction of sp³-hybridized carbons (Fsp3) is 0.316. The second kappa shape index (κ2) is 8.74. The molecule has 0 spiro atoms. The van der Waals surface area contributed by atoms with Crippen LogP contribution in [0.15, 0.2) is 53.9 Å². The predicted octanol–water partition coefficient (Wildman–Crippen LogP) is 3.10. The summed E-state index contributed by atoms with van der Waals surface area (Å²) in [7, 11) is 0. The number of halogens is 1. The first-order chi connectivity index (χ1) is 12.2. The maximum absolute atomic E-state index is 12.2. The predicted molar refractivity (Wildman–Crippen MR) is 99.4 cm³/mol. The molecule has 25 heavy (non-hydrogen) atoms. The lowest BCUT2D eigenvalue weighted by molar-refractivity contribution is -0.126. The third kappa shape index (κ3) is 5.37. The Balaban J connectivity index is 1.43. The van der Waals surface area contributed by atoms with Gasteiger partial charge in [0.2, 0.25) is 5.91 Å². The van der Waals surface area contributed by atoms with Crippen molar-refractivity contribution in [3.63, 3.8) is 0 Å². The van der Waals surface area contributed by atoms with Crippen LogP contribution in [0.5, 0.6) is 0 Å². The molecule has 1 aromatic carbocycles. The molecule has 0 unspecified atom stereocenters. The number of likely N-dealkylation sites (tertiary alicyclic amines) is 1. The minimum Gasteiger partial charge on any atom is -0.299 e. The zero-order valence-corrected chi connectivity index (χ0v) is 14.7. The number of carbonyl (C=O) groups is 1. The Bertz CT molecular complexity index is 710. The van der Waals surface area contributed by atoms with Crippen molar-refractivity contribution in [3.8, 4) is 0 Å². The van der Waals surface area contributed by atoms with Gasteiger partial charge in [0.05, 0.1) is 6.21 Å². The monoisotopic (exact) mass is 356 g/mol. The fourth-order valence-electron chi connectivity index (χ4n) is 2.91. The average molecular weight is 357 g/mol.